The maximum Gasteiger partial charge on any atom is 0.271 e. The van der Waals surface area contributed by atoms with Gasteiger partial charge in [-0.1, -0.05) is 17.7 Å². The van der Waals surface area contributed by atoms with E-state index in [0.717, 1.165) is 5.56 Å². The first-order valence-electron chi connectivity index (χ1n) is 6.01. The highest BCUT2D eigenvalue weighted by molar-refractivity contribution is 6.30. The number of ether oxygens (including phenoxy) is 1. The fourth-order valence-electron chi connectivity index (χ4n) is 1.79. The number of anilines is 1. The number of benzene rings is 2. The molecule has 0 heterocycles. The highest BCUT2D eigenvalue weighted by atomic mass is 35.5. The Balaban J connectivity index is 2.19. The number of hydrogen-bond acceptors (Lipinski definition) is 4. The lowest BCUT2D eigenvalue weighted by atomic mass is 10.2. The summed E-state index contributed by atoms with van der Waals surface area (Å²) in [5, 5.41) is 13.8. The molecule has 7 heteroatoms. The number of nitro groups is 1. The fourth-order valence-corrected chi connectivity index (χ4v) is 2.00. The zero-order valence-corrected chi connectivity index (χ0v) is 11.9. The van der Waals surface area contributed by atoms with Crippen LogP contribution in [0.25, 0.3) is 0 Å². The average Bonchev–Trinajstić information content (AvgIpc) is 2.48. The van der Waals surface area contributed by atoms with E-state index in [-0.39, 0.29) is 10.7 Å². The summed E-state index contributed by atoms with van der Waals surface area (Å²) in [6.45, 7) is 0.331. The van der Waals surface area contributed by atoms with Crippen LogP contribution < -0.4 is 10.1 Å². The van der Waals surface area contributed by atoms with Crippen LogP contribution in [-0.2, 0) is 6.54 Å². The third-order valence-corrected chi connectivity index (χ3v) is 3.15. The molecule has 0 radical (unpaired) electrons. The SMILES string of the molecule is COc1ccc([N+](=O)[O-])cc1NCc1ccc(F)c(Cl)c1. The van der Waals surface area contributed by atoms with Crippen LogP contribution in [0.5, 0.6) is 5.75 Å². The molecule has 0 aliphatic heterocycles. The summed E-state index contributed by atoms with van der Waals surface area (Å²) in [6.07, 6.45) is 0. The minimum absolute atomic E-state index is 0.0281. The van der Waals surface area contributed by atoms with Crippen molar-refractivity contribution in [3.8, 4) is 5.75 Å². The highest BCUT2D eigenvalue weighted by Gasteiger charge is 2.11. The standard InChI is InChI=1S/C14H12ClFN2O3/c1-21-14-5-3-10(18(19)20)7-13(14)17-8-9-2-4-12(16)11(15)6-9/h2-7,17H,8H2,1H3. The summed E-state index contributed by atoms with van der Waals surface area (Å²) in [5.41, 5.74) is 1.18. The lowest BCUT2D eigenvalue weighted by Crippen LogP contribution is -2.02. The second-order valence-corrected chi connectivity index (χ2v) is 4.65. The lowest BCUT2D eigenvalue weighted by Gasteiger charge is -2.11. The molecule has 0 unspecified atom stereocenters. The van der Waals surface area contributed by atoms with Gasteiger partial charge >= 0.3 is 0 Å². The molecule has 0 saturated heterocycles. The normalized spacial score (nSPS) is 10.2. The molecule has 0 amide bonds. The first-order valence-corrected chi connectivity index (χ1v) is 6.39. The Hall–Kier alpha value is -2.34. The van der Waals surface area contributed by atoms with Crippen molar-refractivity contribution in [2.45, 2.75) is 6.54 Å². The van der Waals surface area contributed by atoms with Crippen molar-refractivity contribution < 1.29 is 14.1 Å². The minimum atomic E-state index is -0.492. The monoisotopic (exact) mass is 310 g/mol. The van der Waals surface area contributed by atoms with Gasteiger partial charge < -0.3 is 10.1 Å². The molecule has 1 N–H and O–H groups in total. The quantitative estimate of drug-likeness (QED) is 0.669. The van der Waals surface area contributed by atoms with Crippen LogP contribution in [-0.4, -0.2) is 12.0 Å². The average molecular weight is 311 g/mol. The Kier molecular flexibility index (Phi) is 4.59. The van der Waals surface area contributed by atoms with E-state index in [0.29, 0.717) is 18.0 Å². The van der Waals surface area contributed by atoms with E-state index < -0.39 is 10.7 Å². The number of nitrogens with zero attached hydrogens (tertiary/aromatic N) is 1. The van der Waals surface area contributed by atoms with Crippen LogP contribution >= 0.6 is 11.6 Å². The van der Waals surface area contributed by atoms with Gasteiger partial charge in [0.1, 0.15) is 11.6 Å². The minimum Gasteiger partial charge on any atom is -0.495 e. The van der Waals surface area contributed by atoms with Crippen molar-refractivity contribution in [3.63, 3.8) is 0 Å². The molecule has 0 aliphatic carbocycles. The smallest absolute Gasteiger partial charge is 0.271 e. The zero-order valence-electron chi connectivity index (χ0n) is 11.1. The van der Waals surface area contributed by atoms with Crippen LogP contribution in [0.3, 0.4) is 0 Å². The Bertz CT molecular complexity index is 679. The number of hydrogen-bond donors (Lipinski definition) is 1. The Morgan fingerprint density at radius 2 is 2.10 bits per heavy atom. The molecule has 5 nitrogen and oxygen atoms in total. The molecule has 0 atom stereocenters. The van der Waals surface area contributed by atoms with Gasteiger partial charge in [-0.25, -0.2) is 4.39 Å². The highest BCUT2D eigenvalue weighted by Crippen LogP contribution is 2.29. The predicted octanol–water partition coefficient (Wildman–Crippen LogP) is 4.01. The van der Waals surface area contributed by atoms with E-state index in [9.17, 15) is 14.5 Å². The van der Waals surface area contributed by atoms with Crippen molar-refractivity contribution in [2.24, 2.45) is 0 Å². The van der Waals surface area contributed by atoms with E-state index >= 15 is 0 Å². The molecule has 0 bridgehead atoms. The van der Waals surface area contributed by atoms with Gasteiger partial charge in [0, 0.05) is 18.7 Å². The Labute approximate surface area is 125 Å². The van der Waals surface area contributed by atoms with Gasteiger partial charge in [-0.15, -0.1) is 0 Å². The van der Waals surface area contributed by atoms with Gasteiger partial charge in [-0.2, -0.15) is 0 Å². The largest absolute Gasteiger partial charge is 0.495 e. The maximum absolute atomic E-state index is 13.1. The first-order chi connectivity index (χ1) is 10.0. The summed E-state index contributed by atoms with van der Waals surface area (Å²) in [5.74, 6) is -0.0119. The molecular weight excluding hydrogens is 299 g/mol. The zero-order chi connectivity index (χ0) is 15.4. The van der Waals surface area contributed by atoms with E-state index in [2.05, 4.69) is 5.32 Å². The van der Waals surface area contributed by atoms with Crippen LogP contribution in [0.2, 0.25) is 5.02 Å². The number of nitro benzene ring substituents is 1. The number of non-ortho nitro benzene ring substituents is 1. The third kappa shape index (κ3) is 3.61. The van der Waals surface area contributed by atoms with Crippen molar-refractivity contribution in [3.05, 3.63) is 62.9 Å². The van der Waals surface area contributed by atoms with E-state index in [1.54, 1.807) is 6.07 Å². The van der Waals surface area contributed by atoms with Crippen molar-refractivity contribution in [1.82, 2.24) is 0 Å². The molecule has 0 spiro atoms. The van der Waals surface area contributed by atoms with Gasteiger partial charge in [0.15, 0.2) is 0 Å². The fraction of sp³-hybridized carbons (Fsp3) is 0.143. The Morgan fingerprint density at radius 3 is 2.71 bits per heavy atom. The van der Waals surface area contributed by atoms with Gasteiger partial charge in [0.05, 0.1) is 22.7 Å². The first kappa shape index (κ1) is 15.1. The molecule has 2 rings (SSSR count). The topological polar surface area (TPSA) is 64.4 Å². The van der Waals surface area contributed by atoms with Crippen molar-refractivity contribution >= 4 is 23.0 Å². The van der Waals surface area contributed by atoms with Gasteiger partial charge in [0.2, 0.25) is 0 Å². The molecule has 0 aliphatic rings. The molecule has 0 saturated carbocycles. The van der Waals surface area contributed by atoms with Gasteiger partial charge in [-0.05, 0) is 23.8 Å². The maximum atomic E-state index is 13.1. The summed E-state index contributed by atoms with van der Waals surface area (Å²) >= 11 is 5.70. The van der Waals surface area contributed by atoms with Crippen molar-refractivity contribution in [2.75, 3.05) is 12.4 Å². The second-order valence-electron chi connectivity index (χ2n) is 4.24. The summed E-state index contributed by atoms with van der Waals surface area (Å²) in [7, 11) is 1.47. The van der Waals surface area contributed by atoms with Crippen LogP contribution in [0.4, 0.5) is 15.8 Å². The molecule has 21 heavy (non-hydrogen) atoms. The molecule has 2 aromatic rings. The number of nitrogens with one attached hydrogen (secondary N) is 1. The van der Waals surface area contributed by atoms with Gasteiger partial charge in [-0.3, -0.25) is 10.1 Å². The summed E-state index contributed by atoms with van der Waals surface area (Å²) in [4.78, 5) is 10.3. The molecule has 0 fully saturated rings. The van der Waals surface area contributed by atoms with E-state index in [1.165, 1.54) is 37.4 Å². The van der Waals surface area contributed by atoms with E-state index in [4.69, 9.17) is 16.3 Å². The molecule has 2 aromatic carbocycles. The number of rotatable bonds is 5. The summed E-state index contributed by atoms with van der Waals surface area (Å²) < 4.78 is 18.2. The Morgan fingerprint density at radius 1 is 1.33 bits per heavy atom. The lowest BCUT2D eigenvalue weighted by molar-refractivity contribution is -0.384. The summed E-state index contributed by atoms with van der Waals surface area (Å²) in [6, 6.07) is 8.59. The van der Waals surface area contributed by atoms with E-state index in [1.807, 2.05) is 0 Å². The van der Waals surface area contributed by atoms with Gasteiger partial charge in [0.25, 0.3) is 5.69 Å². The van der Waals surface area contributed by atoms with Crippen LogP contribution in [0.1, 0.15) is 5.56 Å². The molecule has 0 aromatic heterocycles. The predicted molar refractivity (Wildman–Crippen MR) is 78.4 cm³/mol. The molecule has 110 valence electrons. The second kappa shape index (κ2) is 6.41. The van der Waals surface area contributed by atoms with Crippen LogP contribution in [0, 0.1) is 15.9 Å². The number of halogens is 2. The third-order valence-electron chi connectivity index (χ3n) is 2.86. The molecular formula is C14H12ClFN2O3. The number of methoxy groups -OCH3 is 1. The van der Waals surface area contributed by atoms with Crippen LogP contribution in [0.15, 0.2) is 36.4 Å². The van der Waals surface area contributed by atoms with Crippen molar-refractivity contribution in [1.29, 1.82) is 0 Å².